The maximum atomic E-state index is 13.9. The molecule has 4 aromatic rings. The summed E-state index contributed by atoms with van der Waals surface area (Å²) in [6, 6.07) is 22.3. The Morgan fingerprint density at radius 1 is 0.871 bits per heavy atom. The maximum absolute atomic E-state index is 13.9. The van der Waals surface area contributed by atoms with Crippen LogP contribution in [0.15, 0.2) is 78.9 Å². The Bertz CT molecular complexity index is 1270. The van der Waals surface area contributed by atoms with Crippen LogP contribution in [0.5, 0.6) is 0 Å². The van der Waals surface area contributed by atoms with Gasteiger partial charge in [-0.2, -0.15) is 0 Å². The Morgan fingerprint density at radius 3 is 2.29 bits per heavy atom. The summed E-state index contributed by atoms with van der Waals surface area (Å²) >= 11 is 0. The van der Waals surface area contributed by atoms with Gasteiger partial charge in [0.2, 0.25) is 0 Å². The van der Waals surface area contributed by atoms with Crippen LogP contribution in [-0.4, -0.2) is 24.0 Å². The molecule has 5 nitrogen and oxygen atoms in total. The van der Waals surface area contributed by atoms with Crippen LogP contribution in [0.4, 0.5) is 4.39 Å². The number of benzene rings is 3. The normalized spacial score (nSPS) is 10.6. The lowest BCUT2D eigenvalue weighted by Crippen LogP contribution is -2.14. The summed E-state index contributed by atoms with van der Waals surface area (Å²) in [6.45, 7) is -0.317. The molecule has 0 spiro atoms. The number of hydrogen-bond acceptors (Lipinski definition) is 5. The lowest BCUT2D eigenvalue weighted by molar-refractivity contribution is 0.0451. The van der Waals surface area contributed by atoms with E-state index in [0.717, 1.165) is 10.9 Å². The summed E-state index contributed by atoms with van der Waals surface area (Å²) in [5.74, 6) is -2.13. The predicted octanol–water partition coefficient (Wildman–Crippen LogP) is 5.18. The van der Waals surface area contributed by atoms with Crippen LogP contribution < -0.4 is 0 Å². The van der Waals surface area contributed by atoms with E-state index >= 15 is 0 Å². The third kappa shape index (κ3) is 4.00. The third-order valence-electron chi connectivity index (χ3n) is 4.85. The van der Waals surface area contributed by atoms with E-state index in [1.807, 2.05) is 54.6 Å². The van der Waals surface area contributed by atoms with Crippen LogP contribution in [-0.2, 0) is 16.1 Å². The molecule has 0 amide bonds. The second kappa shape index (κ2) is 8.75. The highest BCUT2D eigenvalue weighted by Crippen LogP contribution is 2.34. The van der Waals surface area contributed by atoms with Crippen molar-refractivity contribution in [2.45, 2.75) is 6.61 Å². The number of para-hydroxylation sites is 1. The monoisotopic (exact) mass is 415 g/mol. The maximum Gasteiger partial charge on any atom is 0.341 e. The van der Waals surface area contributed by atoms with E-state index in [4.69, 9.17) is 9.47 Å². The number of methoxy groups -OCH3 is 1. The van der Waals surface area contributed by atoms with Gasteiger partial charge in [-0.15, -0.1) is 0 Å². The number of carbonyl (C=O) groups is 2. The highest BCUT2D eigenvalue weighted by Gasteiger charge is 2.24. The molecule has 31 heavy (non-hydrogen) atoms. The lowest BCUT2D eigenvalue weighted by Gasteiger charge is -2.16. The standard InChI is InChI=1S/C25H18FNO4/c1-30-25(29)23-21(15-31-24(28)17-11-5-7-13-19(17)26)27-20-14-8-6-12-18(20)22(23)16-9-3-2-4-10-16/h2-14H,15H2,1H3. The molecule has 154 valence electrons. The van der Waals surface area contributed by atoms with Gasteiger partial charge in [-0.25, -0.2) is 19.0 Å². The van der Waals surface area contributed by atoms with Crippen molar-refractivity contribution in [2.24, 2.45) is 0 Å². The van der Waals surface area contributed by atoms with Gasteiger partial charge < -0.3 is 9.47 Å². The molecule has 0 bridgehead atoms. The van der Waals surface area contributed by atoms with Crippen LogP contribution in [0, 0.1) is 5.82 Å². The number of fused-ring (bicyclic) bond motifs is 1. The van der Waals surface area contributed by atoms with Crippen LogP contribution in [0.1, 0.15) is 26.4 Å². The Hall–Kier alpha value is -4.06. The molecule has 0 fully saturated rings. The fourth-order valence-corrected chi connectivity index (χ4v) is 3.43. The second-order valence-electron chi connectivity index (χ2n) is 6.74. The molecule has 1 aromatic heterocycles. The predicted molar refractivity (Wildman–Crippen MR) is 114 cm³/mol. The van der Waals surface area contributed by atoms with Crippen LogP contribution in [0.3, 0.4) is 0 Å². The Kier molecular flexibility index (Phi) is 5.71. The molecule has 0 aliphatic rings. The third-order valence-corrected chi connectivity index (χ3v) is 4.85. The van der Waals surface area contributed by atoms with Gasteiger partial charge in [0.25, 0.3) is 0 Å². The lowest BCUT2D eigenvalue weighted by atomic mass is 9.94. The molecule has 0 unspecified atom stereocenters. The van der Waals surface area contributed by atoms with E-state index < -0.39 is 17.8 Å². The zero-order valence-corrected chi connectivity index (χ0v) is 16.7. The topological polar surface area (TPSA) is 65.5 Å². The van der Waals surface area contributed by atoms with Gasteiger partial charge in [-0.3, -0.25) is 0 Å². The van der Waals surface area contributed by atoms with Gasteiger partial charge in [0.1, 0.15) is 12.4 Å². The molecule has 0 aliphatic carbocycles. The molecule has 0 radical (unpaired) electrons. The van der Waals surface area contributed by atoms with Crippen molar-refractivity contribution in [3.05, 3.63) is 102 Å². The summed E-state index contributed by atoms with van der Waals surface area (Å²) in [5.41, 5.74) is 2.30. The summed E-state index contributed by atoms with van der Waals surface area (Å²) < 4.78 is 24.3. The van der Waals surface area contributed by atoms with E-state index in [-0.39, 0.29) is 23.4 Å². The average Bonchev–Trinajstić information content (AvgIpc) is 2.81. The van der Waals surface area contributed by atoms with E-state index in [2.05, 4.69) is 4.98 Å². The summed E-state index contributed by atoms with van der Waals surface area (Å²) in [7, 11) is 1.28. The Balaban J connectivity index is 1.84. The number of aromatic nitrogens is 1. The Labute approximate surface area is 178 Å². The van der Waals surface area contributed by atoms with Crippen molar-refractivity contribution in [3.8, 4) is 11.1 Å². The first-order valence-electron chi connectivity index (χ1n) is 9.57. The van der Waals surface area contributed by atoms with E-state index in [1.54, 1.807) is 6.07 Å². The van der Waals surface area contributed by atoms with Crippen LogP contribution in [0.25, 0.3) is 22.0 Å². The number of nitrogens with zero attached hydrogens (tertiary/aromatic N) is 1. The van der Waals surface area contributed by atoms with E-state index in [1.165, 1.54) is 25.3 Å². The molecular weight excluding hydrogens is 397 g/mol. The first-order chi connectivity index (χ1) is 15.1. The number of rotatable bonds is 5. The minimum atomic E-state index is -0.842. The van der Waals surface area contributed by atoms with Gasteiger partial charge in [0.05, 0.1) is 29.4 Å². The molecule has 0 saturated heterocycles. The van der Waals surface area contributed by atoms with Crippen molar-refractivity contribution in [1.29, 1.82) is 0 Å². The first-order valence-corrected chi connectivity index (χ1v) is 9.57. The number of halogens is 1. The second-order valence-corrected chi connectivity index (χ2v) is 6.74. The van der Waals surface area contributed by atoms with Crippen molar-refractivity contribution >= 4 is 22.8 Å². The number of ether oxygens (including phenoxy) is 2. The smallest absolute Gasteiger partial charge is 0.341 e. The summed E-state index contributed by atoms with van der Waals surface area (Å²) in [5, 5.41) is 0.762. The van der Waals surface area contributed by atoms with Crippen molar-refractivity contribution in [3.63, 3.8) is 0 Å². The van der Waals surface area contributed by atoms with E-state index in [0.29, 0.717) is 11.1 Å². The van der Waals surface area contributed by atoms with Crippen LogP contribution in [0.2, 0.25) is 0 Å². The number of esters is 2. The number of hydrogen-bond donors (Lipinski definition) is 0. The summed E-state index contributed by atoms with van der Waals surface area (Å²) in [6.07, 6.45) is 0. The molecule has 1 heterocycles. The van der Waals surface area contributed by atoms with Crippen molar-refractivity contribution < 1.29 is 23.5 Å². The van der Waals surface area contributed by atoms with Gasteiger partial charge in [0.15, 0.2) is 0 Å². The number of pyridine rings is 1. The van der Waals surface area contributed by atoms with E-state index in [9.17, 15) is 14.0 Å². The minimum absolute atomic E-state index is 0.189. The molecule has 0 atom stereocenters. The molecule has 6 heteroatoms. The zero-order valence-electron chi connectivity index (χ0n) is 16.7. The van der Waals surface area contributed by atoms with Gasteiger partial charge in [-0.1, -0.05) is 60.7 Å². The molecule has 4 rings (SSSR count). The molecule has 3 aromatic carbocycles. The van der Waals surface area contributed by atoms with Crippen molar-refractivity contribution in [2.75, 3.05) is 7.11 Å². The average molecular weight is 415 g/mol. The molecular formula is C25H18FNO4. The fraction of sp³-hybridized carbons (Fsp3) is 0.0800. The Morgan fingerprint density at radius 2 is 1.55 bits per heavy atom. The highest BCUT2D eigenvalue weighted by molar-refractivity contribution is 6.07. The van der Waals surface area contributed by atoms with Crippen molar-refractivity contribution in [1.82, 2.24) is 4.98 Å². The fourth-order valence-electron chi connectivity index (χ4n) is 3.43. The molecule has 0 N–H and O–H groups in total. The minimum Gasteiger partial charge on any atom is -0.465 e. The molecule has 0 saturated carbocycles. The first kappa shape index (κ1) is 20.2. The zero-order chi connectivity index (χ0) is 21.8. The quantitative estimate of drug-likeness (QED) is 0.420. The largest absolute Gasteiger partial charge is 0.465 e. The van der Waals surface area contributed by atoms with Crippen LogP contribution >= 0.6 is 0 Å². The summed E-state index contributed by atoms with van der Waals surface area (Å²) in [4.78, 5) is 29.7. The number of carbonyl (C=O) groups excluding carboxylic acids is 2. The van der Waals surface area contributed by atoms with Gasteiger partial charge in [-0.05, 0) is 23.8 Å². The van der Waals surface area contributed by atoms with Gasteiger partial charge in [0, 0.05) is 10.9 Å². The molecule has 0 aliphatic heterocycles. The SMILES string of the molecule is COC(=O)c1c(COC(=O)c2ccccc2F)nc2ccccc2c1-c1ccccc1. The van der Waals surface area contributed by atoms with Gasteiger partial charge >= 0.3 is 11.9 Å². The highest BCUT2D eigenvalue weighted by atomic mass is 19.1.